The van der Waals surface area contributed by atoms with Gasteiger partial charge < -0.3 is 4.90 Å². The maximum Gasteiger partial charge on any atom is 0.268 e. The van der Waals surface area contributed by atoms with Crippen LogP contribution in [-0.2, 0) is 10.0 Å². The highest BCUT2D eigenvalue weighted by atomic mass is 79.9. The molecule has 3 aromatic rings. The minimum Gasteiger partial charge on any atom is -0.369 e. The van der Waals surface area contributed by atoms with Crippen LogP contribution in [0.4, 0.5) is 14.5 Å². The van der Waals surface area contributed by atoms with Crippen molar-refractivity contribution >= 4 is 42.5 Å². The monoisotopic (exact) mass is 525 g/mol. The first kappa shape index (κ1) is 23.2. The van der Waals surface area contributed by atoms with Gasteiger partial charge in [0.25, 0.3) is 16.4 Å². The van der Waals surface area contributed by atoms with E-state index < -0.39 is 16.4 Å². The van der Waals surface area contributed by atoms with Crippen molar-refractivity contribution in [3.05, 3.63) is 58.7 Å². The molecule has 0 N–H and O–H groups in total. The first-order valence-electron chi connectivity index (χ1n) is 10.4. The van der Waals surface area contributed by atoms with E-state index in [9.17, 15) is 17.2 Å². The number of benzene rings is 2. The molecule has 0 atom stereocenters. The van der Waals surface area contributed by atoms with Crippen molar-refractivity contribution < 1.29 is 17.2 Å². The maximum atomic E-state index is 13.9. The lowest BCUT2D eigenvalue weighted by Crippen LogP contribution is -2.53. The molecular weight excluding hydrogens is 500 g/mol. The lowest BCUT2D eigenvalue weighted by Gasteiger charge is -2.43. The normalized spacial score (nSPS) is 16.3. The van der Waals surface area contributed by atoms with Crippen LogP contribution in [0.2, 0.25) is 0 Å². The highest BCUT2D eigenvalue weighted by Crippen LogP contribution is 2.35. The highest BCUT2D eigenvalue weighted by Gasteiger charge is 2.28. The summed E-state index contributed by atoms with van der Waals surface area (Å²) in [7, 11) is -4.01. The SMILES string of the molecule is CC(C)(C)N1CCN(c2ccc3c(c2)c(C(F)F)cn3S(=O)(=O)c2ccc(Br)cc2)CC1. The van der Waals surface area contributed by atoms with E-state index in [0.717, 1.165) is 46.5 Å². The molecule has 0 aliphatic carbocycles. The number of halogens is 3. The van der Waals surface area contributed by atoms with Gasteiger partial charge in [-0.1, -0.05) is 15.9 Å². The molecule has 0 spiro atoms. The Morgan fingerprint density at radius 1 is 0.969 bits per heavy atom. The van der Waals surface area contributed by atoms with Crippen molar-refractivity contribution in [3.8, 4) is 0 Å². The molecule has 1 fully saturated rings. The average Bonchev–Trinajstić information content (AvgIpc) is 3.13. The lowest BCUT2D eigenvalue weighted by molar-refractivity contribution is 0.128. The molecule has 0 bridgehead atoms. The molecule has 172 valence electrons. The van der Waals surface area contributed by atoms with Gasteiger partial charge in [0.05, 0.1) is 10.4 Å². The van der Waals surface area contributed by atoms with Gasteiger partial charge >= 0.3 is 0 Å². The molecule has 0 amide bonds. The van der Waals surface area contributed by atoms with Crippen LogP contribution in [0.1, 0.15) is 32.8 Å². The Hall–Kier alpha value is -1.97. The fraction of sp³-hybridized carbons (Fsp3) is 0.391. The fourth-order valence-electron chi connectivity index (χ4n) is 4.14. The highest BCUT2D eigenvalue weighted by molar-refractivity contribution is 9.10. The molecule has 0 unspecified atom stereocenters. The number of alkyl halides is 2. The van der Waals surface area contributed by atoms with Gasteiger partial charge in [-0.3, -0.25) is 4.90 Å². The van der Waals surface area contributed by atoms with Crippen molar-refractivity contribution in [1.29, 1.82) is 0 Å². The van der Waals surface area contributed by atoms with Gasteiger partial charge in [-0.25, -0.2) is 21.2 Å². The molecular formula is C23H26BrF2N3O2S. The molecule has 1 aromatic heterocycles. The second-order valence-corrected chi connectivity index (χ2v) is 11.7. The van der Waals surface area contributed by atoms with Crippen LogP contribution < -0.4 is 4.90 Å². The zero-order valence-corrected chi connectivity index (χ0v) is 20.6. The van der Waals surface area contributed by atoms with Crippen LogP contribution in [0.5, 0.6) is 0 Å². The quantitative estimate of drug-likeness (QED) is 0.451. The third-order valence-electron chi connectivity index (χ3n) is 5.98. The van der Waals surface area contributed by atoms with E-state index in [1.165, 1.54) is 12.1 Å². The van der Waals surface area contributed by atoms with Crippen molar-refractivity contribution in [3.63, 3.8) is 0 Å². The van der Waals surface area contributed by atoms with Gasteiger partial charge in [-0.05, 0) is 63.2 Å². The van der Waals surface area contributed by atoms with Crippen molar-refractivity contribution in [2.75, 3.05) is 31.1 Å². The molecule has 32 heavy (non-hydrogen) atoms. The van der Waals surface area contributed by atoms with Gasteiger partial charge in [-0.2, -0.15) is 0 Å². The second-order valence-electron chi connectivity index (χ2n) is 8.99. The van der Waals surface area contributed by atoms with Crippen LogP contribution in [-0.4, -0.2) is 49.0 Å². The van der Waals surface area contributed by atoms with Crippen molar-refractivity contribution in [2.45, 2.75) is 37.6 Å². The Balaban J connectivity index is 1.73. The number of anilines is 1. The first-order valence-corrected chi connectivity index (χ1v) is 12.7. The molecule has 0 saturated carbocycles. The Bertz CT molecular complexity index is 1230. The number of fused-ring (bicyclic) bond motifs is 1. The summed E-state index contributed by atoms with van der Waals surface area (Å²) in [5.74, 6) is 0. The van der Waals surface area contributed by atoms with E-state index in [1.54, 1.807) is 24.3 Å². The van der Waals surface area contributed by atoms with E-state index in [0.29, 0.717) is 0 Å². The number of nitrogens with zero attached hydrogens (tertiary/aromatic N) is 3. The van der Waals surface area contributed by atoms with Crippen LogP contribution in [0.25, 0.3) is 10.9 Å². The summed E-state index contributed by atoms with van der Waals surface area (Å²) in [6.45, 7) is 9.86. The van der Waals surface area contributed by atoms with E-state index in [-0.39, 0.29) is 26.9 Å². The summed E-state index contributed by atoms with van der Waals surface area (Å²) in [5, 5.41) is 0.261. The second kappa shape index (κ2) is 8.43. The number of hydrogen-bond donors (Lipinski definition) is 0. The predicted molar refractivity (Wildman–Crippen MR) is 127 cm³/mol. The summed E-state index contributed by atoms with van der Waals surface area (Å²) in [5.41, 5.74) is 0.875. The van der Waals surface area contributed by atoms with E-state index in [1.807, 2.05) is 6.07 Å². The van der Waals surface area contributed by atoms with Gasteiger partial charge in [0, 0.05) is 59.0 Å². The molecule has 9 heteroatoms. The third-order valence-corrected chi connectivity index (χ3v) is 8.20. The number of aromatic nitrogens is 1. The summed E-state index contributed by atoms with van der Waals surface area (Å²) in [4.78, 5) is 4.60. The van der Waals surface area contributed by atoms with Gasteiger partial charge in [-0.15, -0.1) is 0 Å². The van der Waals surface area contributed by atoms with E-state index in [2.05, 4.69) is 46.5 Å². The zero-order chi connectivity index (χ0) is 23.3. The Labute approximate surface area is 195 Å². The Morgan fingerprint density at radius 2 is 1.59 bits per heavy atom. The molecule has 5 nitrogen and oxygen atoms in total. The fourth-order valence-corrected chi connectivity index (χ4v) is 5.78. The lowest BCUT2D eigenvalue weighted by atomic mass is 10.0. The molecule has 1 aliphatic rings. The van der Waals surface area contributed by atoms with Crippen LogP contribution >= 0.6 is 15.9 Å². The molecule has 2 aromatic carbocycles. The maximum absolute atomic E-state index is 13.9. The molecule has 4 rings (SSSR count). The van der Waals surface area contributed by atoms with E-state index >= 15 is 0 Å². The topological polar surface area (TPSA) is 45.5 Å². The van der Waals surface area contributed by atoms with E-state index in [4.69, 9.17) is 0 Å². The largest absolute Gasteiger partial charge is 0.369 e. The van der Waals surface area contributed by atoms with Gasteiger partial charge in [0.2, 0.25) is 0 Å². The summed E-state index contributed by atoms with van der Waals surface area (Å²) in [6.07, 6.45) is -1.74. The molecule has 1 aliphatic heterocycles. The van der Waals surface area contributed by atoms with Crippen LogP contribution in [0, 0.1) is 0 Å². The third kappa shape index (κ3) is 4.30. The average molecular weight is 526 g/mol. The predicted octanol–water partition coefficient (Wildman–Crippen LogP) is 5.50. The summed E-state index contributed by atoms with van der Waals surface area (Å²) in [6, 6.07) is 11.3. The Morgan fingerprint density at radius 3 is 2.16 bits per heavy atom. The van der Waals surface area contributed by atoms with Crippen LogP contribution in [0.3, 0.4) is 0 Å². The minimum absolute atomic E-state index is 0.0424. The van der Waals surface area contributed by atoms with Gasteiger partial charge in [0.15, 0.2) is 0 Å². The van der Waals surface area contributed by atoms with Crippen LogP contribution in [0.15, 0.2) is 58.0 Å². The summed E-state index contributed by atoms with van der Waals surface area (Å²) >= 11 is 3.28. The smallest absolute Gasteiger partial charge is 0.268 e. The molecule has 0 radical (unpaired) electrons. The van der Waals surface area contributed by atoms with Crippen molar-refractivity contribution in [2.24, 2.45) is 0 Å². The zero-order valence-electron chi connectivity index (χ0n) is 18.2. The van der Waals surface area contributed by atoms with Crippen molar-refractivity contribution in [1.82, 2.24) is 8.87 Å². The first-order chi connectivity index (χ1) is 15.0. The minimum atomic E-state index is -4.01. The molecule has 2 heterocycles. The standard InChI is InChI=1S/C23H26BrF2N3O2S/c1-23(2,3)28-12-10-27(11-13-28)17-6-9-21-19(14-17)20(22(25)26)15-29(21)32(30,31)18-7-4-16(24)5-8-18/h4-9,14-15,22H,10-13H2,1-3H3. The van der Waals surface area contributed by atoms with Gasteiger partial charge in [0.1, 0.15) is 0 Å². The number of hydrogen-bond acceptors (Lipinski definition) is 4. The molecule has 1 saturated heterocycles. The number of piperazine rings is 1. The number of rotatable bonds is 4. The Kier molecular flexibility index (Phi) is 6.11. The summed E-state index contributed by atoms with van der Waals surface area (Å²) < 4.78 is 55.8.